The largest absolute Gasteiger partial charge is 0.492 e. The molecule has 0 spiro atoms. The number of rotatable bonds is 10. The molecule has 0 saturated carbocycles. The van der Waals surface area contributed by atoms with E-state index in [1.165, 1.54) is 19.4 Å². The van der Waals surface area contributed by atoms with Crippen LogP contribution in [0.1, 0.15) is 58.4 Å². The molecule has 230 valence electrons. The first kappa shape index (κ1) is 32.0. The first-order valence-corrected chi connectivity index (χ1v) is 15.5. The molecule has 2 aromatic carbocycles. The number of carbonyl (C=O) groups excluding carboxylic acids is 2. The van der Waals surface area contributed by atoms with Gasteiger partial charge in [-0.15, -0.1) is 0 Å². The van der Waals surface area contributed by atoms with Gasteiger partial charge in [-0.2, -0.15) is 0 Å². The van der Waals surface area contributed by atoms with Gasteiger partial charge in [-0.05, 0) is 72.5 Å². The lowest BCUT2D eigenvalue weighted by molar-refractivity contribution is 0.102. The maximum absolute atomic E-state index is 13.4. The molecule has 3 N–H and O–H groups in total. The van der Waals surface area contributed by atoms with Crippen molar-refractivity contribution in [2.24, 2.45) is 0 Å². The van der Waals surface area contributed by atoms with Crippen molar-refractivity contribution in [2.75, 3.05) is 28.7 Å². The van der Waals surface area contributed by atoms with Crippen LogP contribution in [0.25, 0.3) is 0 Å². The summed E-state index contributed by atoms with van der Waals surface area (Å²) in [6.45, 7) is 7.87. The van der Waals surface area contributed by atoms with Crippen LogP contribution in [0.5, 0.6) is 11.5 Å². The second kappa shape index (κ2) is 13.1. The second-order valence-electron chi connectivity index (χ2n) is 11.1. The lowest BCUT2D eigenvalue weighted by Crippen LogP contribution is -2.20. The van der Waals surface area contributed by atoms with E-state index in [4.69, 9.17) is 9.47 Å². The minimum atomic E-state index is -3.64. The van der Waals surface area contributed by atoms with Gasteiger partial charge in [-0.1, -0.05) is 26.8 Å². The molecule has 0 aliphatic heterocycles. The summed E-state index contributed by atoms with van der Waals surface area (Å²) in [7, 11) is -2.26. The predicted octanol–water partition coefficient (Wildman–Crippen LogP) is 5.55. The molecule has 0 aliphatic carbocycles. The van der Waals surface area contributed by atoms with Crippen molar-refractivity contribution in [2.45, 2.75) is 39.7 Å². The number of methoxy groups -OCH3 is 1. The van der Waals surface area contributed by atoms with Gasteiger partial charge in [0.1, 0.15) is 12.4 Å². The van der Waals surface area contributed by atoms with E-state index >= 15 is 0 Å². The highest BCUT2D eigenvalue weighted by molar-refractivity contribution is 7.92. The minimum Gasteiger partial charge on any atom is -0.492 e. The average molecular weight is 618 g/mol. The van der Waals surface area contributed by atoms with Crippen molar-refractivity contribution < 1.29 is 27.5 Å². The standard InChI is InChI=1S/C32H35N5O6S/c1-20-26(31(39)35-23-10-12-25(13-11-23)43-19-24-9-7-8-14-33-24)15-21(18-34-20)30(38)36-27-16-22(32(2,3)4)17-28(29(27)42-5)37-44(6,40)41/h7-18,37H,19H2,1-6H3,(H,35,39)(H,36,38). The van der Waals surface area contributed by atoms with E-state index in [1.807, 2.05) is 39.0 Å². The molecule has 0 unspecified atom stereocenters. The van der Waals surface area contributed by atoms with Crippen molar-refractivity contribution >= 4 is 38.9 Å². The van der Waals surface area contributed by atoms with Gasteiger partial charge in [0, 0.05) is 18.1 Å². The number of nitrogens with zero attached hydrogens (tertiary/aromatic N) is 2. The van der Waals surface area contributed by atoms with Crippen LogP contribution in [0, 0.1) is 6.92 Å². The van der Waals surface area contributed by atoms with Crippen LogP contribution in [0.4, 0.5) is 17.1 Å². The molecular weight excluding hydrogens is 582 g/mol. The molecule has 0 saturated heterocycles. The van der Waals surface area contributed by atoms with Gasteiger partial charge in [-0.25, -0.2) is 8.42 Å². The zero-order valence-electron chi connectivity index (χ0n) is 25.4. The Morgan fingerprint density at radius 3 is 2.23 bits per heavy atom. The van der Waals surface area contributed by atoms with Gasteiger partial charge in [0.15, 0.2) is 5.75 Å². The molecule has 4 aromatic rings. The van der Waals surface area contributed by atoms with Crippen LogP contribution < -0.4 is 24.8 Å². The highest BCUT2D eigenvalue weighted by atomic mass is 32.2. The number of pyridine rings is 2. The number of ether oxygens (including phenoxy) is 2. The topological polar surface area (TPSA) is 149 Å². The van der Waals surface area contributed by atoms with E-state index in [1.54, 1.807) is 49.5 Å². The Morgan fingerprint density at radius 1 is 0.909 bits per heavy atom. The van der Waals surface area contributed by atoms with Crippen LogP contribution in [0.3, 0.4) is 0 Å². The fraction of sp³-hybridized carbons (Fsp3) is 0.250. The van der Waals surface area contributed by atoms with Crippen molar-refractivity contribution in [1.29, 1.82) is 0 Å². The Bertz CT molecular complexity index is 1770. The second-order valence-corrected chi connectivity index (χ2v) is 12.9. The average Bonchev–Trinajstić information content (AvgIpc) is 2.96. The number of anilines is 3. The van der Waals surface area contributed by atoms with Gasteiger partial charge < -0.3 is 20.1 Å². The number of amides is 2. The molecule has 0 aliphatic rings. The van der Waals surface area contributed by atoms with Crippen LogP contribution in [-0.2, 0) is 22.0 Å². The molecule has 0 fully saturated rings. The smallest absolute Gasteiger partial charge is 0.257 e. The van der Waals surface area contributed by atoms with Crippen molar-refractivity contribution in [3.8, 4) is 11.5 Å². The summed E-state index contributed by atoms with van der Waals surface area (Å²) in [5.41, 5.74) is 2.92. The molecule has 4 rings (SSSR count). The fourth-order valence-corrected chi connectivity index (χ4v) is 4.76. The number of aryl methyl sites for hydroxylation is 1. The quantitative estimate of drug-likeness (QED) is 0.210. The van der Waals surface area contributed by atoms with Gasteiger partial charge in [0.05, 0.1) is 47.3 Å². The predicted molar refractivity (Wildman–Crippen MR) is 170 cm³/mol. The van der Waals surface area contributed by atoms with E-state index in [0.717, 1.165) is 17.5 Å². The fourth-order valence-electron chi connectivity index (χ4n) is 4.21. The molecule has 2 heterocycles. The third kappa shape index (κ3) is 8.32. The highest BCUT2D eigenvalue weighted by Crippen LogP contribution is 2.39. The number of hydrogen-bond acceptors (Lipinski definition) is 8. The van der Waals surface area contributed by atoms with E-state index < -0.39 is 21.8 Å². The zero-order chi connectivity index (χ0) is 32.1. The molecule has 2 amide bonds. The molecule has 44 heavy (non-hydrogen) atoms. The van der Waals surface area contributed by atoms with E-state index in [-0.39, 0.29) is 33.7 Å². The number of aromatic nitrogens is 2. The number of sulfonamides is 1. The summed E-state index contributed by atoms with van der Waals surface area (Å²) in [6, 6.07) is 17.3. The van der Waals surface area contributed by atoms with E-state index in [2.05, 4.69) is 25.3 Å². The number of nitrogens with one attached hydrogen (secondary N) is 3. The van der Waals surface area contributed by atoms with Crippen molar-refractivity contribution in [3.05, 3.63) is 101 Å². The van der Waals surface area contributed by atoms with Crippen LogP contribution in [0.2, 0.25) is 0 Å². The Balaban J connectivity index is 1.52. The monoisotopic (exact) mass is 617 g/mol. The number of benzene rings is 2. The summed E-state index contributed by atoms with van der Waals surface area (Å²) in [5, 5.41) is 5.62. The van der Waals surface area contributed by atoms with E-state index in [0.29, 0.717) is 23.7 Å². The lowest BCUT2D eigenvalue weighted by Gasteiger charge is -2.24. The number of hydrogen-bond donors (Lipinski definition) is 3. The third-order valence-electron chi connectivity index (χ3n) is 6.52. The highest BCUT2D eigenvalue weighted by Gasteiger charge is 2.23. The summed E-state index contributed by atoms with van der Waals surface area (Å²) >= 11 is 0. The Kier molecular flexibility index (Phi) is 9.53. The SMILES string of the molecule is COc1c(NC(=O)c2cnc(C)c(C(=O)Nc3ccc(OCc4ccccn4)cc3)c2)cc(C(C)(C)C)cc1NS(C)(=O)=O. The normalized spacial score (nSPS) is 11.4. The maximum Gasteiger partial charge on any atom is 0.257 e. The molecule has 12 heteroatoms. The van der Waals surface area contributed by atoms with Gasteiger partial charge in [0.25, 0.3) is 11.8 Å². The number of carbonyl (C=O) groups is 2. The van der Waals surface area contributed by atoms with Crippen molar-refractivity contribution in [3.63, 3.8) is 0 Å². The zero-order valence-corrected chi connectivity index (χ0v) is 26.2. The van der Waals surface area contributed by atoms with Gasteiger partial charge in [-0.3, -0.25) is 24.3 Å². The van der Waals surface area contributed by atoms with Crippen LogP contribution in [0.15, 0.2) is 73.1 Å². The lowest BCUT2D eigenvalue weighted by atomic mass is 9.86. The third-order valence-corrected chi connectivity index (χ3v) is 7.11. The Labute approximate surface area is 257 Å². The molecule has 11 nitrogen and oxygen atoms in total. The molecule has 0 radical (unpaired) electrons. The summed E-state index contributed by atoms with van der Waals surface area (Å²) < 4.78 is 37.8. The Morgan fingerprint density at radius 2 is 1.61 bits per heavy atom. The summed E-state index contributed by atoms with van der Waals surface area (Å²) in [4.78, 5) is 35.1. The summed E-state index contributed by atoms with van der Waals surface area (Å²) in [5.74, 6) is -0.248. The molecular formula is C32H35N5O6S. The maximum atomic E-state index is 13.4. The first-order valence-electron chi connectivity index (χ1n) is 13.7. The van der Waals surface area contributed by atoms with Gasteiger partial charge >= 0.3 is 0 Å². The van der Waals surface area contributed by atoms with E-state index in [9.17, 15) is 18.0 Å². The molecule has 2 aromatic heterocycles. The van der Waals surface area contributed by atoms with Gasteiger partial charge in [0.2, 0.25) is 10.0 Å². The minimum absolute atomic E-state index is 0.125. The van der Waals surface area contributed by atoms with Crippen LogP contribution in [-0.4, -0.2) is 43.6 Å². The molecule has 0 atom stereocenters. The summed E-state index contributed by atoms with van der Waals surface area (Å²) in [6.07, 6.45) is 4.10. The Hall–Kier alpha value is -4.97. The first-order chi connectivity index (χ1) is 20.7. The molecule has 0 bridgehead atoms. The van der Waals surface area contributed by atoms with Crippen molar-refractivity contribution in [1.82, 2.24) is 9.97 Å². The van der Waals surface area contributed by atoms with Crippen LogP contribution >= 0.6 is 0 Å².